The lowest BCUT2D eigenvalue weighted by atomic mass is 9.99. The molecule has 5 rings (SSSR count). The van der Waals surface area contributed by atoms with Gasteiger partial charge in [-0.2, -0.15) is 18.4 Å². The minimum Gasteiger partial charge on any atom is -0.475 e. The molecule has 1 aliphatic rings. The molecule has 0 spiro atoms. The van der Waals surface area contributed by atoms with E-state index < -0.39 is 12.1 Å². The molecule has 0 amide bonds. The molecule has 1 aromatic heterocycles. The molecule has 38 heavy (non-hydrogen) atoms. The van der Waals surface area contributed by atoms with Gasteiger partial charge in [0.15, 0.2) is 0 Å². The van der Waals surface area contributed by atoms with Gasteiger partial charge < -0.3 is 10.0 Å². The fraction of sp³-hybridized carbons (Fsp3) is 0.250. The van der Waals surface area contributed by atoms with E-state index in [1.54, 1.807) is 0 Å². The second-order valence-corrected chi connectivity index (χ2v) is 9.04. The maximum atomic E-state index is 10.6. The van der Waals surface area contributed by atoms with Crippen molar-refractivity contribution >= 4 is 17.0 Å². The average molecular weight is 522 g/mol. The summed E-state index contributed by atoms with van der Waals surface area (Å²) in [7, 11) is 2.18. The van der Waals surface area contributed by atoms with Crippen LogP contribution in [0.4, 0.5) is 13.2 Å². The molecule has 7 nitrogen and oxygen atoms in total. The molecule has 0 atom stereocenters. The van der Waals surface area contributed by atoms with E-state index in [2.05, 4.69) is 68.9 Å². The van der Waals surface area contributed by atoms with E-state index in [0.29, 0.717) is 5.56 Å². The molecule has 1 fully saturated rings. The Bertz CT molecular complexity index is 1450. The molecular weight excluding hydrogens is 495 g/mol. The predicted molar refractivity (Wildman–Crippen MR) is 138 cm³/mol. The van der Waals surface area contributed by atoms with E-state index in [-0.39, 0.29) is 0 Å². The summed E-state index contributed by atoms with van der Waals surface area (Å²) in [6.07, 6.45) is -3.24. The first-order chi connectivity index (χ1) is 18.2. The molecular formula is C28H26F3N5O2. The summed E-state index contributed by atoms with van der Waals surface area (Å²) in [5.74, 6) is -2.76. The number of nitrogens with zero attached hydrogens (tertiary/aromatic N) is 5. The van der Waals surface area contributed by atoms with Crippen molar-refractivity contribution in [2.24, 2.45) is 0 Å². The van der Waals surface area contributed by atoms with Crippen LogP contribution in [0.3, 0.4) is 0 Å². The van der Waals surface area contributed by atoms with Crippen molar-refractivity contribution in [1.82, 2.24) is 19.4 Å². The van der Waals surface area contributed by atoms with E-state index in [9.17, 15) is 18.4 Å². The smallest absolute Gasteiger partial charge is 0.475 e. The largest absolute Gasteiger partial charge is 0.490 e. The molecule has 1 aliphatic heterocycles. The number of rotatable bonds is 4. The van der Waals surface area contributed by atoms with Crippen LogP contribution in [-0.2, 0) is 11.3 Å². The predicted octanol–water partition coefficient (Wildman–Crippen LogP) is 4.94. The topological polar surface area (TPSA) is 85.4 Å². The normalized spacial score (nSPS) is 14.5. The Hall–Kier alpha value is -4.20. The van der Waals surface area contributed by atoms with Crippen LogP contribution in [0.2, 0.25) is 0 Å². The van der Waals surface area contributed by atoms with Gasteiger partial charge in [-0.1, -0.05) is 36.4 Å². The summed E-state index contributed by atoms with van der Waals surface area (Å²) >= 11 is 0. The molecule has 2 heterocycles. The van der Waals surface area contributed by atoms with Gasteiger partial charge in [0.2, 0.25) is 0 Å². The van der Waals surface area contributed by atoms with Gasteiger partial charge in [0, 0.05) is 44.0 Å². The van der Waals surface area contributed by atoms with Crippen LogP contribution in [0, 0.1) is 11.3 Å². The van der Waals surface area contributed by atoms with Crippen LogP contribution in [0.1, 0.15) is 11.1 Å². The van der Waals surface area contributed by atoms with Crippen LogP contribution < -0.4 is 0 Å². The average Bonchev–Trinajstić information content (AvgIpc) is 3.34. The lowest BCUT2D eigenvalue weighted by molar-refractivity contribution is -0.192. The summed E-state index contributed by atoms with van der Waals surface area (Å²) < 4.78 is 33.8. The maximum Gasteiger partial charge on any atom is 0.490 e. The SMILES string of the molecule is CN1CCN(Cc2cccc(-c3cc(C#N)cc4ncn(-c5ccccc5)c34)c2)CC1.O=C(O)C(F)(F)F. The lowest BCUT2D eigenvalue weighted by Crippen LogP contribution is -2.43. The highest BCUT2D eigenvalue weighted by atomic mass is 19.4. The van der Waals surface area contributed by atoms with Gasteiger partial charge in [-0.25, -0.2) is 9.78 Å². The van der Waals surface area contributed by atoms with Gasteiger partial charge in [0.1, 0.15) is 6.33 Å². The molecule has 0 unspecified atom stereocenters. The van der Waals surface area contributed by atoms with E-state index in [0.717, 1.165) is 60.6 Å². The van der Waals surface area contributed by atoms with Crippen molar-refractivity contribution in [3.63, 3.8) is 0 Å². The van der Waals surface area contributed by atoms with E-state index >= 15 is 0 Å². The number of halogens is 3. The quantitative estimate of drug-likeness (QED) is 0.409. The molecule has 0 aliphatic carbocycles. The Labute approximate surface area is 218 Å². The Morgan fingerprint density at radius 1 is 1.03 bits per heavy atom. The van der Waals surface area contributed by atoms with Crippen LogP contribution >= 0.6 is 0 Å². The number of carboxylic acid groups (broad SMARTS) is 1. The third-order valence-electron chi connectivity index (χ3n) is 6.29. The van der Waals surface area contributed by atoms with E-state index in [1.807, 2.05) is 36.7 Å². The monoisotopic (exact) mass is 521 g/mol. The molecule has 0 saturated carbocycles. The van der Waals surface area contributed by atoms with Crippen molar-refractivity contribution in [3.05, 3.63) is 84.2 Å². The standard InChI is InChI=1S/C26H25N5.C2HF3O2/c1-29-10-12-30(13-11-29)18-20-6-5-7-22(14-20)24-15-21(17-27)16-25-26(24)31(19-28-25)23-8-3-2-4-9-23;3-2(4,5)1(6)7/h2-9,14-16,19H,10-13,18H2,1H3;(H,6,7). The number of likely N-dealkylation sites (N-methyl/N-ethyl adjacent to an activating group) is 1. The molecule has 0 bridgehead atoms. The zero-order chi connectivity index (χ0) is 27.3. The molecule has 196 valence electrons. The summed E-state index contributed by atoms with van der Waals surface area (Å²) in [4.78, 5) is 18.4. The zero-order valence-electron chi connectivity index (χ0n) is 20.7. The van der Waals surface area contributed by atoms with Crippen LogP contribution in [0.15, 0.2) is 73.1 Å². The third kappa shape index (κ3) is 6.37. The number of carbonyl (C=O) groups is 1. The van der Waals surface area contributed by atoms with Crippen LogP contribution in [-0.4, -0.2) is 69.8 Å². The van der Waals surface area contributed by atoms with Gasteiger partial charge >= 0.3 is 12.1 Å². The molecule has 0 radical (unpaired) electrons. The number of nitriles is 1. The number of carboxylic acids is 1. The summed E-state index contributed by atoms with van der Waals surface area (Å²) in [5.41, 5.74) is 7.00. The van der Waals surface area contributed by atoms with E-state index in [4.69, 9.17) is 9.90 Å². The minimum absolute atomic E-state index is 0.630. The van der Waals surface area contributed by atoms with Crippen molar-refractivity contribution in [3.8, 4) is 22.9 Å². The number of aromatic nitrogens is 2. The molecule has 1 saturated heterocycles. The van der Waals surface area contributed by atoms with Crippen molar-refractivity contribution in [2.45, 2.75) is 12.7 Å². The third-order valence-corrected chi connectivity index (χ3v) is 6.29. The maximum absolute atomic E-state index is 10.6. The number of piperazine rings is 1. The number of fused-ring (bicyclic) bond motifs is 1. The Kier molecular flexibility index (Phi) is 8.10. The number of hydrogen-bond donors (Lipinski definition) is 1. The second kappa shape index (κ2) is 11.5. The van der Waals surface area contributed by atoms with Gasteiger partial charge in [-0.15, -0.1) is 0 Å². The van der Waals surface area contributed by atoms with Gasteiger partial charge in [0.25, 0.3) is 0 Å². The van der Waals surface area contributed by atoms with E-state index in [1.165, 1.54) is 5.56 Å². The Morgan fingerprint density at radius 2 is 1.71 bits per heavy atom. The van der Waals surface area contributed by atoms with Crippen LogP contribution in [0.5, 0.6) is 0 Å². The van der Waals surface area contributed by atoms with Crippen LogP contribution in [0.25, 0.3) is 27.8 Å². The number of para-hydroxylation sites is 1. The minimum atomic E-state index is -5.08. The zero-order valence-corrected chi connectivity index (χ0v) is 20.7. The number of alkyl halides is 3. The summed E-state index contributed by atoms with van der Waals surface area (Å²) in [5, 5.41) is 16.7. The Morgan fingerprint density at radius 3 is 2.34 bits per heavy atom. The van der Waals surface area contributed by atoms with Crippen molar-refractivity contribution in [1.29, 1.82) is 5.26 Å². The molecule has 10 heteroatoms. The first-order valence-corrected chi connectivity index (χ1v) is 11.9. The molecule has 3 aromatic carbocycles. The van der Waals surface area contributed by atoms with Crippen molar-refractivity contribution < 1.29 is 23.1 Å². The first-order valence-electron chi connectivity index (χ1n) is 11.9. The fourth-order valence-electron chi connectivity index (χ4n) is 4.32. The van der Waals surface area contributed by atoms with Crippen molar-refractivity contribution in [2.75, 3.05) is 33.2 Å². The summed E-state index contributed by atoms with van der Waals surface area (Å²) in [6, 6.07) is 25.1. The lowest BCUT2D eigenvalue weighted by Gasteiger charge is -2.32. The molecule has 4 aromatic rings. The van der Waals surface area contributed by atoms with Gasteiger partial charge in [-0.3, -0.25) is 9.47 Å². The molecule has 1 N–H and O–H groups in total. The number of aliphatic carboxylic acids is 1. The number of hydrogen-bond acceptors (Lipinski definition) is 5. The highest BCUT2D eigenvalue weighted by Gasteiger charge is 2.38. The fourth-order valence-corrected chi connectivity index (χ4v) is 4.32. The van der Waals surface area contributed by atoms with Gasteiger partial charge in [-0.05, 0) is 48.5 Å². The highest BCUT2D eigenvalue weighted by Crippen LogP contribution is 2.32. The second-order valence-electron chi connectivity index (χ2n) is 9.04. The first kappa shape index (κ1) is 26.9. The summed E-state index contributed by atoms with van der Waals surface area (Å²) in [6.45, 7) is 5.35. The Balaban J connectivity index is 0.000000426. The number of benzene rings is 3. The number of imidazole rings is 1. The van der Waals surface area contributed by atoms with Gasteiger partial charge in [0.05, 0.1) is 22.7 Å². The highest BCUT2D eigenvalue weighted by molar-refractivity contribution is 5.94.